The van der Waals surface area contributed by atoms with Gasteiger partial charge >= 0.3 is 5.97 Å². The van der Waals surface area contributed by atoms with Gasteiger partial charge in [-0.15, -0.1) is 0 Å². The van der Waals surface area contributed by atoms with Gasteiger partial charge in [-0.2, -0.15) is 0 Å². The van der Waals surface area contributed by atoms with Crippen molar-refractivity contribution >= 4 is 17.6 Å². The van der Waals surface area contributed by atoms with Crippen LogP contribution in [0, 0.1) is 0 Å². The molecular weight excluding hydrogens is 252 g/mol. The zero-order chi connectivity index (χ0) is 13.1. The molecule has 0 aliphatic rings. The summed E-state index contributed by atoms with van der Waals surface area (Å²) in [5, 5.41) is 9.35. The van der Waals surface area contributed by atoms with Crippen molar-refractivity contribution in [2.45, 2.75) is 12.8 Å². The zero-order valence-corrected chi connectivity index (χ0v) is 10.7. The van der Waals surface area contributed by atoms with Crippen molar-refractivity contribution in [1.29, 1.82) is 0 Å². The van der Waals surface area contributed by atoms with Gasteiger partial charge in [0.25, 0.3) is 0 Å². The number of rotatable bonds is 4. The van der Waals surface area contributed by atoms with Crippen molar-refractivity contribution in [3.05, 3.63) is 41.3 Å². The Morgan fingerprint density at radius 2 is 2.06 bits per heavy atom. The second kappa shape index (κ2) is 5.23. The summed E-state index contributed by atoms with van der Waals surface area (Å²) >= 11 is 5.83. The van der Waals surface area contributed by atoms with Crippen LogP contribution in [0.4, 0.5) is 0 Å². The van der Waals surface area contributed by atoms with Crippen molar-refractivity contribution in [3.63, 3.8) is 0 Å². The number of carboxylic acids is 1. The maximum absolute atomic E-state index is 10.5. The minimum absolute atomic E-state index is 0.0882. The summed E-state index contributed by atoms with van der Waals surface area (Å²) in [6.07, 6.45) is 2.41. The van der Waals surface area contributed by atoms with Gasteiger partial charge in [0.05, 0.1) is 12.1 Å². The van der Waals surface area contributed by atoms with E-state index in [0.29, 0.717) is 11.4 Å². The first-order chi connectivity index (χ1) is 8.56. The molecule has 1 aromatic heterocycles. The molecule has 0 atom stereocenters. The van der Waals surface area contributed by atoms with Gasteiger partial charge in [-0.3, -0.25) is 4.79 Å². The molecular formula is C13H13ClN2O2. The third-order valence-electron chi connectivity index (χ3n) is 2.68. The van der Waals surface area contributed by atoms with E-state index in [1.54, 1.807) is 0 Å². The Morgan fingerprint density at radius 3 is 2.67 bits per heavy atom. The van der Waals surface area contributed by atoms with E-state index in [1.165, 1.54) is 0 Å². The smallest absolute Gasteiger partial charge is 0.303 e. The average Bonchev–Trinajstić information content (AvgIpc) is 2.69. The van der Waals surface area contributed by atoms with Crippen molar-refractivity contribution < 1.29 is 9.90 Å². The molecule has 1 aromatic carbocycles. The number of aromatic nitrogens is 2. The number of aliphatic carboxylic acids is 1. The molecule has 0 unspecified atom stereocenters. The number of hydrogen-bond acceptors (Lipinski definition) is 2. The molecule has 0 spiro atoms. The first-order valence-corrected chi connectivity index (χ1v) is 5.94. The molecule has 0 saturated heterocycles. The molecule has 5 heteroatoms. The summed E-state index contributed by atoms with van der Waals surface area (Å²) in [4.78, 5) is 15.0. The lowest BCUT2D eigenvalue weighted by molar-refractivity contribution is -0.137. The highest BCUT2D eigenvalue weighted by atomic mass is 35.5. The van der Waals surface area contributed by atoms with Gasteiger partial charge in [0.2, 0.25) is 0 Å². The molecule has 0 fully saturated rings. The standard InChI is InChI=1S/C13H13ClN2O2/c1-16-8-11(9-2-4-10(14)5-3-9)15-12(16)6-7-13(17)18/h2-5,8H,6-7H2,1H3,(H,17,18). The van der Waals surface area contributed by atoms with Crippen LogP contribution in [-0.4, -0.2) is 20.6 Å². The molecule has 1 N–H and O–H groups in total. The Bertz CT molecular complexity index is 561. The Morgan fingerprint density at radius 1 is 1.39 bits per heavy atom. The molecule has 0 aliphatic heterocycles. The van der Waals surface area contributed by atoms with Crippen molar-refractivity contribution in [2.24, 2.45) is 7.05 Å². The number of imidazole rings is 1. The van der Waals surface area contributed by atoms with Crippen molar-refractivity contribution in [3.8, 4) is 11.3 Å². The van der Waals surface area contributed by atoms with Crippen LogP contribution in [0.2, 0.25) is 5.02 Å². The fourth-order valence-corrected chi connectivity index (χ4v) is 1.84. The maximum Gasteiger partial charge on any atom is 0.303 e. The quantitative estimate of drug-likeness (QED) is 0.924. The van der Waals surface area contributed by atoms with Crippen LogP contribution < -0.4 is 0 Å². The predicted octanol–water partition coefficient (Wildman–Crippen LogP) is 2.76. The van der Waals surface area contributed by atoms with Crippen molar-refractivity contribution in [1.82, 2.24) is 9.55 Å². The summed E-state index contributed by atoms with van der Waals surface area (Å²) in [5.41, 5.74) is 1.80. The Hall–Kier alpha value is -1.81. The van der Waals surface area contributed by atoms with E-state index >= 15 is 0 Å². The van der Waals surface area contributed by atoms with Crippen LogP contribution in [0.15, 0.2) is 30.5 Å². The topological polar surface area (TPSA) is 55.1 Å². The molecule has 4 nitrogen and oxygen atoms in total. The zero-order valence-electron chi connectivity index (χ0n) is 9.93. The summed E-state index contributed by atoms with van der Waals surface area (Å²) < 4.78 is 1.85. The van der Waals surface area contributed by atoms with E-state index in [1.807, 2.05) is 42.1 Å². The molecule has 0 amide bonds. The van der Waals surface area contributed by atoms with Crippen LogP contribution in [-0.2, 0) is 18.3 Å². The summed E-state index contributed by atoms with van der Waals surface area (Å²) in [6, 6.07) is 7.41. The van der Waals surface area contributed by atoms with Crippen LogP contribution >= 0.6 is 11.6 Å². The highest BCUT2D eigenvalue weighted by Gasteiger charge is 2.08. The monoisotopic (exact) mass is 264 g/mol. The normalized spacial score (nSPS) is 10.6. The van der Waals surface area contributed by atoms with E-state index in [-0.39, 0.29) is 6.42 Å². The minimum Gasteiger partial charge on any atom is -0.481 e. The molecule has 1 heterocycles. The average molecular weight is 265 g/mol. The molecule has 0 saturated carbocycles. The molecule has 2 rings (SSSR count). The molecule has 94 valence electrons. The van der Waals surface area contributed by atoms with Gasteiger partial charge in [-0.25, -0.2) is 4.98 Å². The Labute approximate surface area is 110 Å². The highest BCUT2D eigenvalue weighted by molar-refractivity contribution is 6.30. The SMILES string of the molecule is Cn1cc(-c2ccc(Cl)cc2)nc1CCC(=O)O. The third-order valence-corrected chi connectivity index (χ3v) is 2.93. The van der Waals surface area contributed by atoms with Gasteiger partial charge in [0, 0.05) is 30.3 Å². The number of aryl methyl sites for hydroxylation is 2. The minimum atomic E-state index is -0.814. The van der Waals surface area contributed by atoms with Crippen LogP contribution in [0.1, 0.15) is 12.2 Å². The van der Waals surface area contributed by atoms with Crippen molar-refractivity contribution in [2.75, 3.05) is 0 Å². The van der Waals surface area contributed by atoms with Crippen LogP contribution in [0.25, 0.3) is 11.3 Å². The lowest BCUT2D eigenvalue weighted by Gasteiger charge is -1.97. The molecule has 0 bridgehead atoms. The fraction of sp³-hybridized carbons (Fsp3) is 0.231. The molecule has 2 aromatic rings. The second-order valence-corrected chi connectivity index (χ2v) is 4.49. The van der Waals surface area contributed by atoms with E-state index in [9.17, 15) is 4.79 Å². The second-order valence-electron chi connectivity index (χ2n) is 4.05. The Kier molecular flexibility index (Phi) is 3.67. The van der Waals surface area contributed by atoms with Crippen LogP contribution in [0.3, 0.4) is 0 Å². The summed E-state index contributed by atoms with van der Waals surface area (Å²) in [6.45, 7) is 0. The van der Waals surface area contributed by atoms with E-state index in [2.05, 4.69) is 4.98 Å². The first-order valence-electron chi connectivity index (χ1n) is 5.56. The molecule has 0 radical (unpaired) electrons. The number of carbonyl (C=O) groups is 1. The van der Waals surface area contributed by atoms with Crippen LogP contribution in [0.5, 0.6) is 0 Å². The largest absolute Gasteiger partial charge is 0.481 e. The van der Waals surface area contributed by atoms with Gasteiger partial charge in [0.1, 0.15) is 5.82 Å². The first kappa shape index (κ1) is 12.6. The molecule has 0 aliphatic carbocycles. The number of carboxylic acid groups (broad SMARTS) is 1. The summed E-state index contributed by atoms with van der Waals surface area (Å²) in [5.74, 6) is -0.0478. The number of hydrogen-bond donors (Lipinski definition) is 1. The van der Waals surface area contributed by atoms with Gasteiger partial charge < -0.3 is 9.67 Å². The van der Waals surface area contributed by atoms with Gasteiger partial charge in [-0.1, -0.05) is 23.7 Å². The van der Waals surface area contributed by atoms with E-state index in [4.69, 9.17) is 16.7 Å². The number of nitrogens with zero attached hydrogens (tertiary/aromatic N) is 2. The lowest BCUT2D eigenvalue weighted by atomic mass is 10.2. The Balaban J connectivity index is 2.22. The maximum atomic E-state index is 10.5. The number of halogens is 1. The van der Waals surface area contributed by atoms with E-state index < -0.39 is 5.97 Å². The highest BCUT2D eigenvalue weighted by Crippen LogP contribution is 2.21. The number of benzene rings is 1. The molecule has 18 heavy (non-hydrogen) atoms. The third kappa shape index (κ3) is 2.90. The summed E-state index contributed by atoms with van der Waals surface area (Å²) in [7, 11) is 1.86. The fourth-order valence-electron chi connectivity index (χ4n) is 1.72. The van der Waals surface area contributed by atoms with E-state index in [0.717, 1.165) is 17.1 Å². The van der Waals surface area contributed by atoms with Gasteiger partial charge in [0.15, 0.2) is 0 Å². The van der Waals surface area contributed by atoms with Gasteiger partial charge in [-0.05, 0) is 12.1 Å². The predicted molar refractivity (Wildman–Crippen MR) is 69.6 cm³/mol. The lowest BCUT2D eigenvalue weighted by Crippen LogP contribution is -2.02.